The van der Waals surface area contributed by atoms with Gasteiger partial charge in [-0.1, -0.05) is 11.2 Å². The van der Waals surface area contributed by atoms with Gasteiger partial charge in [-0.25, -0.2) is 4.98 Å². The highest BCUT2D eigenvalue weighted by Crippen LogP contribution is 2.27. The molecular formula is C14H16N4O2. The number of aryl methyl sites for hydroxylation is 1. The number of hydrogen-bond donors (Lipinski definition) is 1. The van der Waals surface area contributed by atoms with Crippen molar-refractivity contribution >= 4 is 17.0 Å². The molecule has 0 unspecified atom stereocenters. The second-order valence-electron chi connectivity index (χ2n) is 4.55. The van der Waals surface area contributed by atoms with Crippen molar-refractivity contribution in [1.82, 2.24) is 14.7 Å². The lowest BCUT2D eigenvalue weighted by Gasteiger charge is -2.05. The maximum absolute atomic E-state index is 6.01. The van der Waals surface area contributed by atoms with Gasteiger partial charge >= 0.3 is 0 Å². The van der Waals surface area contributed by atoms with E-state index in [1.165, 1.54) is 0 Å². The molecule has 0 saturated carbocycles. The van der Waals surface area contributed by atoms with Crippen molar-refractivity contribution in [3.63, 3.8) is 0 Å². The third kappa shape index (κ3) is 2.09. The summed E-state index contributed by atoms with van der Waals surface area (Å²) < 4.78 is 12.7. The Balaban J connectivity index is 2.06. The highest BCUT2D eigenvalue weighted by molar-refractivity contribution is 5.84. The fourth-order valence-corrected chi connectivity index (χ4v) is 2.22. The largest absolute Gasteiger partial charge is 0.492 e. The van der Waals surface area contributed by atoms with Crippen LogP contribution < -0.4 is 10.5 Å². The summed E-state index contributed by atoms with van der Waals surface area (Å²) in [6.07, 6.45) is 0. The highest BCUT2D eigenvalue weighted by atomic mass is 16.5. The Morgan fingerprint density at radius 3 is 2.95 bits per heavy atom. The lowest BCUT2D eigenvalue weighted by Crippen LogP contribution is -2.03. The number of anilines is 1. The third-order valence-corrected chi connectivity index (χ3v) is 3.06. The first-order valence-corrected chi connectivity index (χ1v) is 6.48. The second kappa shape index (κ2) is 4.88. The van der Waals surface area contributed by atoms with Gasteiger partial charge in [-0.05, 0) is 26.0 Å². The SMILES string of the molecule is CCOc1cccc2c1nc(N)n2Cc1cc(C)no1. The van der Waals surface area contributed by atoms with Crippen LogP contribution in [0.25, 0.3) is 11.0 Å². The minimum Gasteiger partial charge on any atom is -0.492 e. The molecule has 6 heteroatoms. The molecule has 104 valence electrons. The lowest BCUT2D eigenvalue weighted by molar-refractivity contribution is 0.343. The Kier molecular flexibility index (Phi) is 3.06. The van der Waals surface area contributed by atoms with E-state index in [1.807, 2.05) is 42.7 Å². The quantitative estimate of drug-likeness (QED) is 0.788. The fourth-order valence-electron chi connectivity index (χ4n) is 2.22. The third-order valence-electron chi connectivity index (χ3n) is 3.06. The average molecular weight is 272 g/mol. The maximum Gasteiger partial charge on any atom is 0.201 e. The minimum atomic E-state index is 0.432. The molecule has 0 bridgehead atoms. The monoisotopic (exact) mass is 272 g/mol. The first-order valence-electron chi connectivity index (χ1n) is 6.48. The summed E-state index contributed by atoms with van der Waals surface area (Å²) in [5, 5.41) is 3.88. The Labute approximate surface area is 116 Å². The molecule has 0 radical (unpaired) electrons. The van der Waals surface area contributed by atoms with Crippen LogP contribution in [0.5, 0.6) is 5.75 Å². The predicted octanol–water partition coefficient (Wildman–Crippen LogP) is 2.36. The van der Waals surface area contributed by atoms with E-state index < -0.39 is 0 Å². The van der Waals surface area contributed by atoms with Gasteiger partial charge in [-0.2, -0.15) is 0 Å². The highest BCUT2D eigenvalue weighted by Gasteiger charge is 2.14. The van der Waals surface area contributed by atoms with E-state index in [4.69, 9.17) is 15.0 Å². The van der Waals surface area contributed by atoms with Gasteiger partial charge in [-0.3, -0.25) is 0 Å². The van der Waals surface area contributed by atoms with Gasteiger partial charge in [-0.15, -0.1) is 0 Å². The van der Waals surface area contributed by atoms with Gasteiger partial charge in [0, 0.05) is 6.07 Å². The van der Waals surface area contributed by atoms with Crippen molar-refractivity contribution in [2.45, 2.75) is 20.4 Å². The molecule has 2 N–H and O–H groups in total. The van der Waals surface area contributed by atoms with Gasteiger partial charge in [0.1, 0.15) is 11.3 Å². The number of ether oxygens (including phenoxy) is 1. The van der Waals surface area contributed by atoms with Crippen LogP contribution in [0.2, 0.25) is 0 Å². The van der Waals surface area contributed by atoms with Crippen molar-refractivity contribution in [3.8, 4) is 5.75 Å². The first kappa shape index (κ1) is 12.5. The molecule has 1 aromatic carbocycles. The Morgan fingerprint density at radius 1 is 1.40 bits per heavy atom. The van der Waals surface area contributed by atoms with Gasteiger partial charge in [0.2, 0.25) is 5.95 Å². The second-order valence-corrected chi connectivity index (χ2v) is 4.55. The van der Waals surface area contributed by atoms with Gasteiger partial charge in [0.25, 0.3) is 0 Å². The van der Waals surface area contributed by atoms with Gasteiger partial charge in [0.15, 0.2) is 5.76 Å². The summed E-state index contributed by atoms with van der Waals surface area (Å²) >= 11 is 0. The Bertz CT molecular complexity index is 745. The molecule has 20 heavy (non-hydrogen) atoms. The number of aromatic nitrogens is 3. The summed E-state index contributed by atoms with van der Waals surface area (Å²) in [7, 11) is 0. The number of imidazole rings is 1. The van der Waals surface area contributed by atoms with E-state index >= 15 is 0 Å². The van der Waals surface area contributed by atoms with Crippen LogP contribution in [0.15, 0.2) is 28.8 Å². The summed E-state index contributed by atoms with van der Waals surface area (Å²) in [4.78, 5) is 4.39. The van der Waals surface area contributed by atoms with Crippen LogP contribution in [0, 0.1) is 6.92 Å². The van der Waals surface area contributed by atoms with Crippen LogP contribution in [0.3, 0.4) is 0 Å². The molecule has 0 aliphatic carbocycles. The molecular weight excluding hydrogens is 256 g/mol. The summed E-state index contributed by atoms with van der Waals surface area (Å²) in [5.41, 5.74) is 8.54. The van der Waals surface area contributed by atoms with Crippen LogP contribution in [0.4, 0.5) is 5.95 Å². The van der Waals surface area contributed by atoms with Crippen molar-refractivity contribution in [2.75, 3.05) is 12.3 Å². The zero-order valence-corrected chi connectivity index (χ0v) is 11.5. The summed E-state index contributed by atoms with van der Waals surface area (Å²) in [6.45, 7) is 4.91. The molecule has 2 heterocycles. The van der Waals surface area contributed by atoms with Crippen LogP contribution >= 0.6 is 0 Å². The van der Waals surface area contributed by atoms with E-state index in [1.54, 1.807) is 0 Å². The van der Waals surface area contributed by atoms with Crippen LogP contribution in [0.1, 0.15) is 18.4 Å². The van der Waals surface area contributed by atoms with Gasteiger partial charge in [0.05, 0.1) is 24.4 Å². The number of nitrogens with two attached hydrogens (primary N) is 1. The molecule has 2 aromatic heterocycles. The predicted molar refractivity (Wildman–Crippen MR) is 75.7 cm³/mol. The van der Waals surface area contributed by atoms with Gasteiger partial charge < -0.3 is 19.6 Å². The molecule has 0 fully saturated rings. The average Bonchev–Trinajstić information content (AvgIpc) is 2.97. The Hall–Kier alpha value is -2.50. The molecule has 6 nitrogen and oxygen atoms in total. The number of para-hydroxylation sites is 1. The lowest BCUT2D eigenvalue weighted by atomic mass is 10.3. The van der Waals surface area contributed by atoms with Crippen molar-refractivity contribution in [3.05, 3.63) is 35.7 Å². The molecule has 0 saturated heterocycles. The summed E-state index contributed by atoms with van der Waals surface area (Å²) in [6, 6.07) is 7.67. The standard InChI is InChI=1S/C14H16N4O2/c1-3-19-12-6-4-5-11-13(12)16-14(15)18(11)8-10-7-9(2)17-20-10/h4-7H,3,8H2,1-2H3,(H2,15,16). The number of nitrogens with zero attached hydrogens (tertiary/aromatic N) is 3. The van der Waals surface area contributed by atoms with E-state index in [0.717, 1.165) is 28.2 Å². The zero-order chi connectivity index (χ0) is 14.1. The molecule has 3 aromatic rings. The van der Waals surface area contributed by atoms with E-state index in [-0.39, 0.29) is 0 Å². The minimum absolute atomic E-state index is 0.432. The first-order chi connectivity index (χ1) is 9.69. The molecule has 0 aliphatic heterocycles. The topological polar surface area (TPSA) is 79.1 Å². The summed E-state index contributed by atoms with van der Waals surface area (Å²) in [5.74, 6) is 1.92. The Morgan fingerprint density at radius 2 is 2.25 bits per heavy atom. The van der Waals surface area contributed by atoms with Crippen LogP contribution in [-0.4, -0.2) is 21.3 Å². The van der Waals surface area contributed by atoms with E-state index in [9.17, 15) is 0 Å². The van der Waals surface area contributed by atoms with E-state index in [2.05, 4.69) is 10.1 Å². The van der Waals surface area contributed by atoms with Crippen molar-refractivity contribution in [1.29, 1.82) is 0 Å². The molecule has 0 atom stereocenters. The fraction of sp³-hybridized carbons (Fsp3) is 0.286. The number of benzene rings is 1. The molecule has 3 rings (SSSR count). The molecule has 0 spiro atoms. The maximum atomic E-state index is 6.01. The van der Waals surface area contributed by atoms with Crippen molar-refractivity contribution < 1.29 is 9.26 Å². The smallest absolute Gasteiger partial charge is 0.201 e. The number of nitrogen functional groups attached to an aromatic ring is 1. The van der Waals surface area contributed by atoms with Crippen molar-refractivity contribution in [2.24, 2.45) is 0 Å². The number of fused-ring (bicyclic) bond motifs is 1. The normalized spacial score (nSPS) is 11.1. The van der Waals surface area contributed by atoms with Crippen LogP contribution in [-0.2, 0) is 6.54 Å². The number of hydrogen-bond acceptors (Lipinski definition) is 5. The van der Waals surface area contributed by atoms with E-state index in [0.29, 0.717) is 19.1 Å². The molecule has 0 amide bonds. The molecule has 0 aliphatic rings. The zero-order valence-electron chi connectivity index (χ0n) is 11.5. The number of rotatable bonds is 4.